The van der Waals surface area contributed by atoms with Gasteiger partial charge in [0.1, 0.15) is 11.5 Å². The number of allylic oxidation sites excluding steroid dienone is 2. The second-order valence-corrected chi connectivity index (χ2v) is 6.26. The standard InChI is InChI=1S/C20H25N3O3/c1-25-17-11-16(12-18(13-17)26-2)20(24)22-14-23-9-6-15(7-10-23)19-5-3-4-8-21-19/h3-6,8,11-13,19,21H,7,9-10,14H2,1-2H3,(H,22,24). The van der Waals surface area contributed by atoms with E-state index in [-0.39, 0.29) is 5.91 Å². The lowest BCUT2D eigenvalue weighted by Gasteiger charge is -2.29. The van der Waals surface area contributed by atoms with Crippen molar-refractivity contribution in [1.82, 2.24) is 15.5 Å². The van der Waals surface area contributed by atoms with E-state index in [9.17, 15) is 4.79 Å². The molecule has 2 N–H and O–H groups in total. The molecular formula is C20H25N3O3. The average Bonchev–Trinajstić information content (AvgIpc) is 2.72. The van der Waals surface area contributed by atoms with Gasteiger partial charge < -0.3 is 20.1 Å². The van der Waals surface area contributed by atoms with E-state index in [1.54, 1.807) is 32.4 Å². The number of rotatable bonds is 6. The van der Waals surface area contributed by atoms with Crippen LogP contribution in [-0.4, -0.2) is 50.8 Å². The summed E-state index contributed by atoms with van der Waals surface area (Å²) in [4.78, 5) is 14.7. The molecule has 1 atom stereocenters. The Morgan fingerprint density at radius 2 is 2.00 bits per heavy atom. The highest BCUT2D eigenvalue weighted by Crippen LogP contribution is 2.22. The van der Waals surface area contributed by atoms with E-state index in [1.165, 1.54) is 5.57 Å². The molecule has 1 amide bonds. The van der Waals surface area contributed by atoms with E-state index in [0.717, 1.165) is 19.5 Å². The minimum Gasteiger partial charge on any atom is -0.497 e. The third-order valence-electron chi connectivity index (χ3n) is 4.59. The van der Waals surface area contributed by atoms with Crippen LogP contribution in [0.15, 0.2) is 54.3 Å². The van der Waals surface area contributed by atoms with Gasteiger partial charge in [0.05, 0.1) is 26.9 Å². The number of dihydropyridines is 1. The molecule has 2 aliphatic heterocycles. The highest BCUT2D eigenvalue weighted by Gasteiger charge is 2.18. The van der Waals surface area contributed by atoms with Crippen molar-refractivity contribution in [3.8, 4) is 11.5 Å². The summed E-state index contributed by atoms with van der Waals surface area (Å²) in [6.45, 7) is 2.26. The van der Waals surface area contributed by atoms with Gasteiger partial charge in [-0.05, 0) is 36.4 Å². The Hall–Kier alpha value is -2.73. The molecule has 0 radical (unpaired) electrons. The molecule has 138 valence electrons. The summed E-state index contributed by atoms with van der Waals surface area (Å²) < 4.78 is 10.4. The van der Waals surface area contributed by atoms with Crippen LogP contribution in [-0.2, 0) is 0 Å². The van der Waals surface area contributed by atoms with Gasteiger partial charge in [-0.25, -0.2) is 0 Å². The first-order valence-electron chi connectivity index (χ1n) is 8.71. The number of amides is 1. The van der Waals surface area contributed by atoms with Gasteiger partial charge in [0.2, 0.25) is 0 Å². The maximum Gasteiger partial charge on any atom is 0.252 e. The molecule has 2 heterocycles. The summed E-state index contributed by atoms with van der Waals surface area (Å²) >= 11 is 0. The second-order valence-electron chi connectivity index (χ2n) is 6.26. The summed E-state index contributed by atoms with van der Waals surface area (Å²) in [6.07, 6.45) is 11.4. The highest BCUT2D eigenvalue weighted by atomic mass is 16.5. The average molecular weight is 355 g/mol. The molecule has 0 aromatic heterocycles. The monoisotopic (exact) mass is 355 g/mol. The smallest absolute Gasteiger partial charge is 0.252 e. The predicted octanol–water partition coefficient (Wildman–Crippen LogP) is 2.06. The lowest BCUT2D eigenvalue weighted by atomic mass is 9.99. The summed E-state index contributed by atoms with van der Waals surface area (Å²) in [6, 6.07) is 5.46. The van der Waals surface area contributed by atoms with E-state index in [4.69, 9.17) is 9.47 Å². The molecule has 0 aliphatic carbocycles. The number of methoxy groups -OCH3 is 2. The molecule has 3 rings (SSSR count). The van der Waals surface area contributed by atoms with Crippen molar-refractivity contribution in [2.45, 2.75) is 12.5 Å². The first kappa shape index (κ1) is 18.1. The van der Waals surface area contributed by atoms with Gasteiger partial charge >= 0.3 is 0 Å². The zero-order chi connectivity index (χ0) is 18.4. The molecule has 0 fully saturated rings. The van der Waals surface area contributed by atoms with E-state index in [1.807, 2.05) is 12.3 Å². The maximum atomic E-state index is 12.4. The van der Waals surface area contributed by atoms with E-state index < -0.39 is 0 Å². The first-order valence-corrected chi connectivity index (χ1v) is 8.71. The molecule has 0 saturated heterocycles. The van der Waals surface area contributed by atoms with Crippen molar-refractivity contribution >= 4 is 5.91 Å². The van der Waals surface area contributed by atoms with Gasteiger partial charge in [-0.1, -0.05) is 18.2 Å². The van der Waals surface area contributed by atoms with Gasteiger partial charge in [0, 0.05) is 24.7 Å². The third-order valence-corrected chi connectivity index (χ3v) is 4.59. The van der Waals surface area contributed by atoms with Gasteiger partial charge in [0.15, 0.2) is 0 Å². The Kier molecular flexibility index (Phi) is 5.96. The number of nitrogens with zero attached hydrogens (tertiary/aromatic N) is 1. The number of hydrogen-bond acceptors (Lipinski definition) is 5. The van der Waals surface area contributed by atoms with Gasteiger partial charge in [-0.15, -0.1) is 0 Å². The summed E-state index contributed by atoms with van der Waals surface area (Å²) in [5, 5.41) is 6.32. The lowest BCUT2D eigenvalue weighted by molar-refractivity contribution is 0.0924. The molecule has 0 bridgehead atoms. The number of benzene rings is 1. The number of carbonyl (C=O) groups excluding carboxylic acids is 1. The van der Waals surface area contributed by atoms with Gasteiger partial charge in [0.25, 0.3) is 5.91 Å². The Balaban J connectivity index is 1.53. The van der Waals surface area contributed by atoms with Crippen LogP contribution in [0.2, 0.25) is 0 Å². The number of ether oxygens (including phenoxy) is 2. The van der Waals surface area contributed by atoms with Crippen LogP contribution >= 0.6 is 0 Å². The van der Waals surface area contributed by atoms with Crippen LogP contribution in [0, 0.1) is 0 Å². The van der Waals surface area contributed by atoms with E-state index in [0.29, 0.717) is 29.8 Å². The van der Waals surface area contributed by atoms with E-state index in [2.05, 4.69) is 33.8 Å². The van der Waals surface area contributed by atoms with Crippen LogP contribution in [0.1, 0.15) is 16.8 Å². The number of nitrogens with one attached hydrogen (secondary N) is 2. The Labute approximate surface area is 154 Å². The molecule has 26 heavy (non-hydrogen) atoms. The van der Waals surface area contributed by atoms with Crippen LogP contribution < -0.4 is 20.1 Å². The summed E-state index contributed by atoms with van der Waals surface area (Å²) in [5.74, 6) is 1.06. The molecule has 2 aliphatic rings. The van der Waals surface area contributed by atoms with Crippen molar-refractivity contribution in [2.24, 2.45) is 0 Å². The van der Waals surface area contributed by atoms with Crippen LogP contribution in [0.5, 0.6) is 11.5 Å². The summed E-state index contributed by atoms with van der Waals surface area (Å²) in [7, 11) is 3.14. The zero-order valence-corrected chi connectivity index (χ0v) is 15.2. The van der Waals surface area contributed by atoms with Crippen molar-refractivity contribution in [3.63, 3.8) is 0 Å². The Bertz CT molecular complexity index is 718. The van der Waals surface area contributed by atoms with Crippen molar-refractivity contribution < 1.29 is 14.3 Å². The first-order chi connectivity index (χ1) is 12.7. The van der Waals surface area contributed by atoms with Crippen LogP contribution in [0.3, 0.4) is 0 Å². The molecule has 0 saturated carbocycles. The molecule has 1 unspecified atom stereocenters. The zero-order valence-electron chi connectivity index (χ0n) is 15.2. The second kappa shape index (κ2) is 8.58. The molecule has 6 nitrogen and oxygen atoms in total. The van der Waals surface area contributed by atoms with Crippen molar-refractivity contribution in [1.29, 1.82) is 0 Å². The quantitative estimate of drug-likeness (QED) is 0.765. The van der Waals surface area contributed by atoms with Crippen molar-refractivity contribution in [3.05, 3.63) is 59.8 Å². The fourth-order valence-corrected chi connectivity index (χ4v) is 3.05. The molecule has 1 aromatic rings. The number of hydrogen-bond donors (Lipinski definition) is 2. The maximum absolute atomic E-state index is 12.4. The topological polar surface area (TPSA) is 62.8 Å². The fourth-order valence-electron chi connectivity index (χ4n) is 3.05. The van der Waals surface area contributed by atoms with Crippen LogP contribution in [0.4, 0.5) is 0 Å². The fraction of sp³-hybridized carbons (Fsp3) is 0.350. The van der Waals surface area contributed by atoms with Gasteiger partial charge in [-0.2, -0.15) is 0 Å². The molecule has 6 heteroatoms. The minimum atomic E-state index is -0.140. The third kappa shape index (κ3) is 4.46. The highest BCUT2D eigenvalue weighted by molar-refractivity contribution is 5.95. The van der Waals surface area contributed by atoms with Crippen molar-refractivity contribution in [2.75, 3.05) is 34.0 Å². The van der Waals surface area contributed by atoms with Crippen LogP contribution in [0.25, 0.3) is 0 Å². The summed E-state index contributed by atoms with van der Waals surface area (Å²) in [5.41, 5.74) is 1.92. The largest absolute Gasteiger partial charge is 0.497 e. The van der Waals surface area contributed by atoms with Gasteiger partial charge in [-0.3, -0.25) is 9.69 Å². The Morgan fingerprint density at radius 3 is 2.58 bits per heavy atom. The lowest BCUT2D eigenvalue weighted by Crippen LogP contribution is -2.41. The van der Waals surface area contributed by atoms with E-state index >= 15 is 0 Å². The SMILES string of the molecule is COc1cc(OC)cc(C(=O)NCN2CC=C(C3C=CC=CN3)CC2)c1. The number of carbonyl (C=O) groups is 1. The molecule has 0 spiro atoms. The minimum absolute atomic E-state index is 0.140. The molecule has 1 aromatic carbocycles. The molecular weight excluding hydrogens is 330 g/mol. The normalized spacial score (nSPS) is 19.5. The predicted molar refractivity (Wildman–Crippen MR) is 101 cm³/mol. The Morgan fingerprint density at radius 1 is 1.23 bits per heavy atom.